The van der Waals surface area contributed by atoms with Crippen LogP contribution in [0.25, 0.3) is 0 Å². The van der Waals surface area contributed by atoms with Crippen LogP contribution in [0.4, 0.5) is 0 Å². The molecule has 0 spiro atoms. The van der Waals surface area contributed by atoms with Crippen molar-refractivity contribution in [2.45, 2.75) is 19.3 Å². The van der Waals surface area contributed by atoms with Gasteiger partial charge in [0.25, 0.3) is 0 Å². The van der Waals surface area contributed by atoms with Gasteiger partial charge in [0.15, 0.2) is 0 Å². The molecule has 2 heteroatoms. The van der Waals surface area contributed by atoms with Crippen LogP contribution in [-0.2, 0) is 9.53 Å². The zero-order valence-corrected chi connectivity index (χ0v) is 5.80. The predicted molar refractivity (Wildman–Crippen MR) is 38.2 cm³/mol. The summed E-state index contributed by atoms with van der Waals surface area (Å²) in [6, 6.07) is 0. The average Bonchev–Trinajstić information content (AvgIpc) is 2.40. The smallest absolute Gasteiger partial charge is 0.335 e. The Kier molecular flexibility index (Phi) is 2.26. The number of carbonyl (C=O) groups is 1. The topological polar surface area (TPSA) is 26.3 Å². The minimum absolute atomic E-state index is 0.354. The molecule has 0 aromatic heterocycles. The molecular formula is C8H10O2. The van der Waals surface area contributed by atoms with Crippen LogP contribution in [0.5, 0.6) is 0 Å². The van der Waals surface area contributed by atoms with E-state index >= 15 is 0 Å². The molecule has 0 saturated heterocycles. The van der Waals surface area contributed by atoms with Crippen LogP contribution in [-0.4, -0.2) is 5.97 Å². The van der Waals surface area contributed by atoms with Crippen LogP contribution >= 0.6 is 0 Å². The maximum atomic E-state index is 10.6. The molecule has 10 heavy (non-hydrogen) atoms. The zero-order chi connectivity index (χ0) is 7.40. The van der Waals surface area contributed by atoms with Gasteiger partial charge in [0.2, 0.25) is 0 Å². The lowest BCUT2D eigenvalue weighted by atomic mass is 10.4. The van der Waals surface area contributed by atoms with Crippen LogP contribution in [0.3, 0.4) is 0 Å². The third-order valence-corrected chi connectivity index (χ3v) is 1.40. The Morgan fingerprint density at radius 3 is 3.10 bits per heavy atom. The number of hydrogen-bond acceptors (Lipinski definition) is 2. The second-order valence-corrected chi connectivity index (χ2v) is 2.19. The molecule has 0 radical (unpaired) electrons. The minimum atomic E-state index is -0.354. The normalized spacial score (nSPS) is 16.2. The van der Waals surface area contributed by atoms with Crippen LogP contribution < -0.4 is 0 Å². The Morgan fingerprint density at radius 1 is 1.80 bits per heavy atom. The van der Waals surface area contributed by atoms with Crippen LogP contribution in [0.2, 0.25) is 0 Å². The van der Waals surface area contributed by atoms with Gasteiger partial charge in [-0.05, 0) is 18.9 Å². The maximum Gasteiger partial charge on any atom is 0.335 e. The third kappa shape index (κ3) is 1.72. The van der Waals surface area contributed by atoms with Crippen molar-refractivity contribution in [1.29, 1.82) is 0 Å². The number of rotatable bonds is 2. The van der Waals surface area contributed by atoms with Crippen LogP contribution in [0.15, 0.2) is 24.5 Å². The van der Waals surface area contributed by atoms with Crippen molar-refractivity contribution < 1.29 is 9.53 Å². The Bertz CT molecular complexity index is 180. The van der Waals surface area contributed by atoms with E-state index in [4.69, 9.17) is 4.74 Å². The molecule has 0 saturated carbocycles. The Labute approximate surface area is 60.2 Å². The summed E-state index contributed by atoms with van der Waals surface area (Å²) < 4.78 is 4.86. The molecule has 0 aromatic rings. The lowest BCUT2D eigenvalue weighted by Crippen LogP contribution is -1.97. The van der Waals surface area contributed by atoms with Gasteiger partial charge in [0.05, 0.1) is 0 Å². The summed E-state index contributed by atoms with van der Waals surface area (Å²) in [5, 5.41) is 0. The maximum absolute atomic E-state index is 10.6. The first-order valence-electron chi connectivity index (χ1n) is 3.36. The summed E-state index contributed by atoms with van der Waals surface area (Å²) in [4.78, 5) is 10.6. The van der Waals surface area contributed by atoms with E-state index in [0.29, 0.717) is 0 Å². The Morgan fingerprint density at radius 2 is 2.60 bits per heavy atom. The van der Waals surface area contributed by atoms with E-state index < -0.39 is 0 Å². The zero-order valence-electron chi connectivity index (χ0n) is 5.80. The highest BCUT2D eigenvalue weighted by molar-refractivity contribution is 5.82. The van der Waals surface area contributed by atoms with Crippen LogP contribution in [0.1, 0.15) is 19.3 Å². The molecule has 0 unspecified atom stereocenters. The largest absolute Gasteiger partial charge is 0.428 e. The van der Waals surface area contributed by atoms with E-state index in [-0.39, 0.29) is 5.97 Å². The third-order valence-electron chi connectivity index (χ3n) is 1.40. The van der Waals surface area contributed by atoms with Crippen molar-refractivity contribution in [3.8, 4) is 0 Å². The quantitative estimate of drug-likeness (QED) is 0.429. The van der Waals surface area contributed by atoms with E-state index in [1.165, 1.54) is 6.08 Å². The number of hydrogen-bond donors (Lipinski definition) is 0. The second-order valence-electron chi connectivity index (χ2n) is 2.19. The van der Waals surface area contributed by atoms with Gasteiger partial charge in [-0.15, -0.1) is 0 Å². The monoisotopic (exact) mass is 138 g/mol. The fourth-order valence-corrected chi connectivity index (χ4v) is 0.905. The highest BCUT2D eigenvalue weighted by Crippen LogP contribution is 2.18. The van der Waals surface area contributed by atoms with Gasteiger partial charge in [0.1, 0.15) is 5.76 Å². The molecule has 1 rings (SSSR count). The summed E-state index contributed by atoms with van der Waals surface area (Å²) in [7, 11) is 0. The second kappa shape index (κ2) is 3.20. The molecule has 0 aliphatic heterocycles. The van der Waals surface area contributed by atoms with Crippen molar-refractivity contribution in [2.24, 2.45) is 0 Å². The first-order chi connectivity index (χ1) is 4.83. The van der Waals surface area contributed by atoms with Crippen molar-refractivity contribution in [2.75, 3.05) is 0 Å². The standard InChI is InChI=1S/C8H10O2/c1-2-8(9)10-7-5-3-4-6-7/h2,5H,1,3-4,6H2. The van der Waals surface area contributed by atoms with Crippen molar-refractivity contribution in [1.82, 2.24) is 0 Å². The molecule has 0 fully saturated rings. The van der Waals surface area contributed by atoms with Crippen molar-refractivity contribution in [3.05, 3.63) is 24.5 Å². The number of allylic oxidation sites excluding steroid dienone is 2. The Balaban J connectivity index is 2.37. The highest BCUT2D eigenvalue weighted by atomic mass is 16.5. The van der Waals surface area contributed by atoms with Gasteiger partial charge in [-0.1, -0.05) is 6.58 Å². The number of ether oxygens (including phenoxy) is 1. The van der Waals surface area contributed by atoms with Crippen molar-refractivity contribution >= 4 is 5.97 Å². The van der Waals surface area contributed by atoms with Gasteiger partial charge in [-0.2, -0.15) is 0 Å². The minimum Gasteiger partial charge on any atom is -0.428 e. The first-order valence-corrected chi connectivity index (χ1v) is 3.36. The van der Waals surface area contributed by atoms with E-state index in [9.17, 15) is 4.79 Å². The van der Waals surface area contributed by atoms with Gasteiger partial charge < -0.3 is 4.74 Å². The summed E-state index contributed by atoms with van der Waals surface area (Å²) in [6.07, 6.45) is 6.14. The molecule has 54 valence electrons. The molecule has 0 atom stereocenters. The number of carbonyl (C=O) groups excluding carboxylic acids is 1. The molecule has 1 aliphatic rings. The van der Waals surface area contributed by atoms with Crippen LogP contribution in [0, 0.1) is 0 Å². The SMILES string of the molecule is C=CC(=O)OC1=CCCC1. The lowest BCUT2D eigenvalue weighted by molar-refractivity contribution is -0.133. The summed E-state index contributed by atoms with van der Waals surface area (Å²) >= 11 is 0. The fourth-order valence-electron chi connectivity index (χ4n) is 0.905. The van der Waals surface area contributed by atoms with Gasteiger partial charge in [0, 0.05) is 12.5 Å². The summed E-state index contributed by atoms with van der Waals surface area (Å²) in [5.41, 5.74) is 0. The molecule has 2 nitrogen and oxygen atoms in total. The molecule has 0 N–H and O–H groups in total. The van der Waals surface area contributed by atoms with E-state index in [1.807, 2.05) is 6.08 Å². The molecular weight excluding hydrogens is 128 g/mol. The molecule has 0 amide bonds. The predicted octanol–water partition coefficient (Wildman–Crippen LogP) is 1.78. The summed E-state index contributed by atoms with van der Waals surface area (Å²) in [6.45, 7) is 3.30. The number of esters is 1. The Hall–Kier alpha value is -1.05. The van der Waals surface area contributed by atoms with Gasteiger partial charge in [-0.3, -0.25) is 0 Å². The van der Waals surface area contributed by atoms with Gasteiger partial charge >= 0.3 is 5.97 Å². The first kappa shape index (κ1) is 7.06. The van der Waals surface area contributed by atoms with E-state index in [2.05, 4.69) is 6.58 Å². The summed E-state index contributed by atoms with van der Waals surface area (Å²) in [5.74, 6) is 0.443. The van der Waals surface area contributed by atoms with E-state index in [0.717, 1.165) is 25.0 Å². The highest BCUT2D eigenvalue weighted by Gasteiger charge is 2.07. The molecule has 0 bridgehead atoms. The average molecular weight is 138 g/mol. The molecule has 0 aromatic carbocycles. The van der Waals surface area contributed by atoms with E-state index in [1.54, 1.807) is 0 Å². The van der Waals surface area contributed by atoms with Gasteiger partial charge in [-0.25, -0.2) is 4.79 Å². The molecule has 0 heterocycles. The lowest BCUT2D eigenvalue weighted by Gasteiger charge is -1.98. The van der Waals surface area contributed by atoms with Crippen molar-refractivity contribution in [3.63, 3.8) is 0 Å². The fraction of sp³-hybridized carbons (Fsp3) is 0.375. The molecule has 1 aliphatic carbocycles.